The molecule has 0 aromatic heterocycles. The van der Waals surface area contributed by atoms with Crippen molar-refractivity contribution in [1.29, 1.82) is 0 Å². The lowest BCUT2D eigenvalue weighted by atomic mass is 10.1. The summed E-state index contributed by atoms with van der Waals surface area (Å²) in [7, 11) is 0. The van der Waals surface area contributed by atoms with Crippen LogP contribution in [0.3, 0.4) is 0 Å². The van der Waals surface area contributed by atoms with Crippen LogP contribution >= 0.6 is 0 Å². The van der Waals surface area contributed by atoms with Gasteiger partial charge in [0.25, 0.3) is 0 Å². The van der Waals surface area contributed by atoms with Gasteiger partial charge < -0.3 is 14.2 Å². The van der Waals surface area contributed by atoms with Crippen LogP contribution in [-0.2, 0) is 28.6 Å². The standard InChI is InChI=1S/C63H104O6/c1-4-7-10-13-16-19-22-25-27-29-30-31-32-34-35-38-41-44-47-50-53-56-62(65)68-59-60(58-67-61(64)55-52-49-46-43-40-37-24-21-18-15-12-9-6-3)69-63(66)57-54-51-48-45-42-39-36-33-28-26-23-20-17-14-11-8-5-2/h7-8,10-11,16-17,19-21,24-28,30-31,34-35,60H,4-6,9,12-15,18,22-23,29,32-33,36-59H2,1-3H3/b10-7-,11-8-,19-16-,20-17-,24-21-,27-25-,28-26-,31-30-,35-34-. The fourth-order valence-electron chi connectivity index (χ4n) is 7.54. The molecule has 0 rings (SSSR count). The maximum absolute atomic E-state index is 12.9. The summed E-state index contributed by atoms with van der Waals surface area (Å²) in [6, 6.07) is 0. The van der Waals surface area contributed by atoms with Crippen molar-refractivity contribution in [2.75, 3.05) is 13.2 Å². The van der Waals surface area contributed by atoms with Crippen molar-refractivity contribution < 1.29 is 28.6 Å². The molecule has 0 fully saturated rings. The van der Waals surface area contributed by atoms with Gasteiger partial charge in [0, 0.05) is 19.3 Å². The molecule has 0 radical (unpaired) electrons. The summed E-state index contributed by atoms with van der Waals surface area (Å²) < 4.78 is 16.8. The third kappa shape index (κ3) is 54.9. The van der Waals surface area contributed by atoms with Crippen LogP contribution in [0, 0.1) is 0 Å². The Hall–Kier alpha value is -3.93. The minimum Gasteiger partial charge on any atom is -0.462 e. The Morgan fingerprint density at radius 3 is 0.899 bits per heavy atom. The molecule has 0 heterocycles. The largest absolute Gasteiger partial charge is 0.462 e. The normalized spacial score (nSPS) is 12.9. The minimum atomic E-state index is -0.797. The van der Waals surface area contributed by atoms with E-state index in [-0.39, 0.29) is 31.1 Å². The number of rotatable bonds is 50. The van der Waals surface area contributed by atoms with Gasteiger partial charge in [-0.15, -0.1) is 0 Å². The number of hydrogen-bond donors (Lipinski definition) is 0. The molecular weight excluding hydrogens is 853 g/mol. The van der Waals surface area contributed by atoms with Gasteiger partial charge in [0.05, 0.1) is 0 Å². The Balaban J connectivity index is 4.44. The van der Waals surface area contributed by atoms with Crippen LogP contribution in [0.2, 0.25) is 0 Å². The third-order valence-corrected chi connectivity index (χ3v) is 11.7. The summed E-state index contributed by atoms with van der Waals surface area (Å²) >= 11 is 0. The summed E-state index contributed by atoms with van der Waals surface area (Å²) in [5.41, 5.74) is 0. The van der Waals surface area contributed by atoms with E-state index in [1.807, 2.05) is 0 Å². The summed E-state index contributed by atoms with van der Waals surface area (Å²) in [5, 5.41) is 0. The van der Waals surface area contributed by atoms with Gasteiger partial charge in [0.1, 0.15) is 13.2 Å². The van der Waals surface area contributed by atoms with Gasteiger partial charge in [-0.2, -0.15) is 0 Å². The van der Waals surface area contributed by atoms with E-state index in [4.69, 9.17) is 14.2 Å². The van der Waals surface area contributed by atoms with E-state index in [2.05, 4.69) is 130 Å². The van der Waals surface area contributed by atoms with E-state index < -0.39 is 6.10 Å². The molecule has 6 heteroatoms. The average Bonchev–Trinajstić information content (AvgIpc) is 3.35. The first-order chi connectivity index (χ1) is 34.0. The molecule has 1 atom stereocenters. The average molecular weight is 958 g/mol. The minimum absolute atomic E-state index is 0.0942. The van der Waals surface area contributed by atoms with Crippen LogP contribution in [0.15, 0.2) is 109 Å². The second-order valence-electron chi connectivity index (χ2n) is 18.4. The summed E-state index contributed by atoms with van der Waals surface area (Å²) in [4.78, 5) is 38.1. The van der Waals surface area contributed by atoms with Gasteiger partial charge in [-0.1, -0.05) is 220 Å². The van der Waals surface area contributed by atoms with E-state index in [1.54, 1.807) is 0 Å². The van der Waals surface area contributed by atoms with Gasteiger partial charge >= 0.3 is 17.9 Å². The van der Waals surface area contributed by atoms with Crippen molar-refractivity contribution in [2.24, 2.45) is 0 Å². The Bertz CT molecular complexity index is 1420. The molecule has 0 saturated carbocycles. The second-order valence-corrected chi connectivity index (χ2v) is 18.4. The number of unbranched alkanes of at least 4 members (excludes halogenated alkanes) is 21. The number of carbonyl (C=O) groups excluding carboxylic acids is 3. The Morgan fingerprint density at radius 2 is 0.565 bits per heavy atom. The number of carbonyl (C=O) groups is 3. The molecular formula is C63H104O6. The van der Waals surface area contributed by atoms with E-state index >= 15 is 0 Å². The lowest BCUT2D eigenvalue weighted by Crippen LogP contribution is -2.30. The third-order valence-electron chi connectivity index (χ3n) is 11.7. The predicted molar refractivity (Wildman–Crippen MR) is 297 cm³/mol. The SMILES string of the molecule is CC/C=C\C/C=C\C/C=C\C/C=C\C/C=C\CCCCCCCC(=O)OCC(COC(=O)CCCCCCC/C=C\CCCCCC)OC(=O)CCCCCCCCC/C=C\C/C=C\C/C=C\CC. The molecule has 0 amide bonds. The highest BCUT2D eigenvalue weighted by Crippen LogP contribution is 2.14. The van der Waals surface area contributed by atoms with Gasteiger partial charge in [0.2, 0.25) is 0 Å². The van der Waals surface area contributed by atoms with Crippen LogP contribution in [0.1, 0.15) is 252 Å². The molecule has 0 saturated heterocycles. The second kappa shape index (κ2) is 56.7. The molecule has 392 valence electrons. The molecule has 0 N–H and O–H groups in total. The van der Waals surface area contributed by atoms with Crippen LogP contribution in [-0.4, -0.2) is 37.2 Å². The molecule has 0 aliphatic carbocycles. The molecule has 0 aromatic rings. The first-order valence-corrected chi connectivity index (χ1v) is 28.4. The molecule has 6 nitrogen and oxygen atoms in total. The first kappa shape index (κ1) is 65.1. The smallest absolute Gasteiger partial charge is 0.306 e. The summed E-state index contributed by atoms with van der Waals surface area (Å²) in [5.74, 6) is -0.932. The van der Waals surface area contributed by atoms with Crippen LogP contribution in [0.25, 0.3) is 0 Å². The monoisotopic (exact) mass is 957 g/mol. The topological polar surface area (TPSA) is 78.9 Å². The predicted octanol–water partition coefficient (Wildman–Crippen LogP) is 19.1. The van der Waals surface area contributed by atoms with Crippen molar-refractivity contribution in [3.05, 3.63) is 109 Å². The molecule has 0 spiro atoms. The Labute approximate surface area is 425 Å². The van der Waals surface area contributed by atoms with Gasteiger partial charge in [-0.25, -0.2) is 0 Å². The Morgan fingerprint density at radius 1 is 0.304 bits per heavy atom. The fraction of sp³-hybridized carbons (Fsp3) is 0.667. The fourth-order valence-corrected chi connectivity index (χ4v) is 7.54. The lowest BCUT2D eigenvalue weighted by molar-refractivity contribution is -0.167. The highest BCUT2D eigenvalue weighted by Gasteiger charge is 2.19. The van der Waals surface area contributed by atoms with E-state index in [0.717, 1.165) is 141 Å². The van der Waals surface area contributed by atoms with Gasteiger partial charge in [-0.3, -0.25) is 14.4 Å². The summed E-state index contributed by atoms with van der Waals surface area (Å²) in [6.07, 6.45) is 76.4. The summed E-state index contributed by atoms with van der Waals surface area (Å²) in [6.45, 7) is 6.37. The lowest BCUT2D eigenvalue weighted by Gasteiger charge is -2.18. The van der Waals surface area contributed by atoms with Crippen LogP contribution < -0.4 is 0 Å². The van der Waals surface area contributed by atoms with Crippen molar-refractivity contribution in [1.82, 2.24) is 0 Å². The van der Waals surface area contributed by atoms with Crippen LogP contribution in [0.4, 0.5) is 0 Å². The van der Waals surface area contributed by atoms with Crippen LogP contribution in [0.5, 0.6) is 0 Å². The van der Waals surface area contributed by atoms with Gasteiger partial charge in [0.15, 0.2) is 6.10 Å². The van der Waals surface area contributed by atoms with Crippen molar-refractivity contribution in [3.63, 3.8) is 0 Å². The highest BCUT2D eigenvalue weighted by atomic mass is 16.6. The molecule has 0 bridgehead atoms. The molecule has 0 aliphatic heterocycles. The Kier molecular flexibility index (Phi) is 53.4. The first-order valence-electron chi connectivity index (χ1n) is 28.4. The maximum Gasteiger partial charge on any atom is 0.306 e. The maximum atomic E-state index is 12.9. The zero-order chi connectivity index (χ0) is 50.0. The zero-order valence-corrected chi connectivity index (χ0v) is 44.8. The van der Waals surface area contributed by atoms with E-state index in [1.165, 1.54) is 70.6 Å². The molecule has 69 heavy (non-hydrogen) atoms. The highest BCUT2D eigenvalue weighted by molar-refractivity contribution is 5.71. The zero-order valence-electron chi connectivity index (χ0n) is 44.8. The van der Waals surface area contributed by atoms with Crippen molar-refractivity contribution >= 4 is 17.9 Å². The molecule has 0 aliphatic rings. The van der Waals surface area contributed by atoms with E-state index in [9.17, 15) is 14.4 Å². The van der Waals surface area contributed by atoms with Gasteiger partial charge in [-0.05, 0) is 122 Å². The van der Waals surface area contributed by atoms with Crippen molar-refractivity contribution in [3.8, 4) is 0 Å². The number of ether oxygens (including phenoxy) is 3. The molecule has 1 unspecified atom stereocenters. The van der Waals surface area contributed by atoms with Crippen molar-refractivity contribution in [2.45, 2.75) is 258 Å². The number of esters is 3. The number of hydrogen-bond acceptors (Lipinski definition) is 6. The quantitative estimate of drug-likeness (QED) is 0.0262. The molecule has 0 aromatic carbocycles. The van der Waals surface area contributed by atoms with E-state index in [0.29, 0.717) is 19.3 Å². The number of allylic oxidation sites excluding steroid dienone is 18.